The zero-order chi connectivity index (χ0) is 23.4. The fourth-order valence-electron chi connectivity index (χ4n) is 2.87. The van der Waals surface area contributed by atoms with Gasteiger partial charge in [-0.25, -0.2) is 4.79 Å². The Morgan fingerprint density at radius 2 is 1.81 bits per heavy atom. The van der Waals surface area contributed by atoms with Crippen molar-refractivity contribution in [3.8, 4) is 11.3 Å². The van der Waals surface area contributed by atoms with Crippen molar-refractivity contribution in [2.45, 2.75) is 52.4 Å². The Morgan fingerprint density at radius 1 is 1.13 bits per heavy atom. The summed E-state index contributed by atoms with van der Waals surface area (Å²) < 4.78 is 45.3. The number of aliphatic carboxylic acids is 1. The smallest absolute Gasteiger partial charge is 0.416 e. The molecule has 0 aliphatic rings. The van der Waals surface area contributed by atoms with E-state index in [0.717, 1.165) is 12.1 Å². The van der Waals surface area contributed by atoms with Crippen LogP contribution in [0.15, 0.2) is 36.4 Å². The molecule has 0 saturated heterocycles. The van der Waals surface area contributed by atoms with Crippen molar-refractivity contribution in [3.05, 3.63) is 53.2 Å². The first-order valence-electron chi connectivity index (χ1n) is 9.66. The lowest BCUT2D eigenvalue weighted by molar-refractivity contribution is -0.138. The second-order valence-corrected chi connectivity index (χ2v) is 7.95. The standard InChI is InChI=1S/C22H25F3N2O4/c1-5-27(20(30)31-21(2,3)4)13-14-11-15(22(23,24)25)9-10-17(14)18-8-6-7-16(26-18)12-19(28)29/h6-11H,5,12-13H2,1-4H3,(H,28,29). The van der Waals surface area contributed by atoms with Crippen LogP contribution < -0.4 is 0 Å². The molecule has 0 spiro atoms. The minimum atomic E-state index is -4.56. The van der Waals surface area contributed by atoms with Gasteiger partial charge in [0.1, 0.15) is 5.60 Å². The summed E-state index contributed by atoms with van der Waals surface area (Å²) in [5.41, 5.74) is -0.413. The first kappa shape index (κ1) is 24.2. The highest BCUT2D eigenvalue weighted by atomic mass is 19.4. The number of carbonyl (C=O) groups is 2. The Balaban J connectivity index is 2.50. The molecule has 0 aliphatic heterocycles. The van der Waals surface area contributed by atoms with E-state index >= 15 is 0 Å². The van der Waals surface area contributed by atoms with Crippen molar-refractivity contribution in [1.29, 1.82) is 0 Å². The van der Waals surface area contributed by atoms with E-state index in [0.29, 0.717) is 11.3 Å². The second-order valence-electron chi connectivity index (χ2n) is 7.95. The summed E-state index contributed by atoms with van der Waals surface area (Å²) in [5, 5.41) is 8.99. The molecule has 2 rings (SSSR count). The number of nitrogens with zero attached hydrogens (tertiary/aromatic N) is 2. The quantitative estimate of drug-likeness (QED) is 0.675. The molecule has 9 heteroatoms. The van der Waals surface area contributed by atoms with Crippen LogP contribution in [0.1, 0.15) is 44.5 Å². The Hall–Kier alpha value is -3.10. The zero-order valence-corrected chi connectivity index (χ0v) is 17.8. The average molecular weight is 438 g/mol. The maximum Gasteiger partial charge on any atom is 0.416 e. The number of alkyl halides is 3. The van der Waals surface area contributed by atoms with Crippen LogP contribution >= 0.6 is 0 Å². The molecule has 0 fully saturated rings. The lowest BCUT2D eigenvalue weighted by Gasteiger charge is -2.27. The molecule has 0 unspecified atom stereocenters. The summed E-state index contributed by atoms with van der Waals surface area (Å²) in [5.74, 6) is -1.07. The van der Waals surface area contributed by atoms with E-state index in [-0.39, 0.29) is 30.8 Å². The molecule has 0 bridgehead atoms. The molecule has 1 heterocycles. The van der Waals surface area contributed by atoms with Gasteiger partial charge in [0, 0.05) is 18.7 Å². The fourth-order valence-corrected chi connectivity index (χ4v) is 2.87. The van der Waals surface area contributed by atoms with Gasteiger partial charge >= 0.3 is 18.2 Å². The van der Waals surface area contributed by atoms with Crippen LogP contribution in [-0.2, 0) is 28.7 Å². The van der Waals surface area contributed by atoms with E-state index in [1.165, 1.54) is 17.0 Å². The molecule has 1 N–H and O–H groups in total. The summed E-state index contributed by atoms with van der Waals surface area (Å²) >= 11 is 0. The molecule has 1 aromatic carbocycles. The number of benzene rings is 1. The van der Waals surface area contributed by atoms with Gasteiger partial charge < -0.3 is 14.7 Å². The third-order valence-corrected chi connectivity index (χ3v) is 4.24. The molecule has 31 heavy (non-hydrogen) atoms. The van der Waals surface area contributed by atoms with Gasteiger partial charge in [-0.15, -0.1) is 0 Å². The highest BCUT2D eigenvalue weighted by Crippen LogP contribution is 2.34. The van der Waals surface area contributed by atoms with Crippen LogP contribution in [0.25, 0.3) is 11.3 Å². The first-order valence-corrected chi connectivity index (χ1v) is 9.66. The summed E-state index contributed by atoms with van der Waals surface area (Å²) in [6.07, 6.45) is -5.52. The predicted octanol–water partition coefficient (Wildman–Crippen LogP) is 5.15. The Kier molecular flexibility index (Phi) is 7.30. The van der Waals surface area contributed by atoms with Crippen molar-refractivity contribution < 1.29 is 32.6 Å². The van der Waals surface area contributed by atoms with Gasteiger partial charge in [-0.05, 0) is 57.5 Å². The van der Waals surface area contributed by atoms with Crippen molar-refractivity contribution >= 4 is 12.1 Å². The summed E-state index contributed by atoms with van der Waals surface area (Å²) in [4.78, 5) is 29.1. The molecular formula is C22H25F3N2O4. The molecule has 0 radical (unpaired) electrons. The molecule has 0 saturated carbocycles. The van der Waals surface area contributed by atoms with Crippen LogP contribution in [0.2, 0.25) is 0 Å². The minimum Gasteiger partial charge on any atom is -0.481 e. The van der Waals surface area contributed by atoms with Gasteiger partial charge in [-0.2, -0.15) is 13.2 Å². The number of aromatic nitrogens is 1. The third-order valence-electron chi connectivity index (χ3n) is 4.24. The number of pyridine rings is 1. The maximum absolute atomic E-state index is 13.3. The molecule has 0 atom stereocenters. The van der Waals surface area contributed by atoms with Crippen LogP contribution in [0, 0.1) is 0 Å². The van der Waals surface area contributed by atoms with Crippen molar-refractivity contribution in [2.75, 3.05) is 6.54 Å². The number of hydrogen-bond acceptors (Lipinski definition) is 4. The highest BCUT2D eigenvalue weighted by Gasteiger charge is 2.32. The first-order chi connectivity index (χ1) is 14.3. The van der Waals surface area contributed by atoms with Crippen LogP contribution in [0.4, 0.5) is 18.0 Å². The molecule has 0 aliphatic carbocycles. The molecule has 1 amide bonds. The lowest BCUT2D eigenvalue weighted by atomic mass is 9.99. The van der Waals surface area contributed by atoms with E-state index in [9.17, 15) is 22.8 Å². The number of halogens is 3. The van der Waals surface area contributed by atoms with Gasteiger partial charge in [0.05, 0.1) is 23.4 Å². The van der Waals surface area contributed by atoms with Crippen molar-refractivity contribution in [2.24, 2.45) is 0 Å². The summed E-state index contributed by atoms with van der Waals surface area (Å²) in [6, 6.07) is 7.91. The van der Waals surface area contributed by atoms with Crippen LogP contribution in [0.5, 0.6) is 0 Å². The van der Waals surface area contributed by atoms with Gasteiger partial charge in [0.2, 0.25) is 0 Å². The van der Waals surface area contributed by atoms with Gasteiger partial charge in [0.25, 0.3) is 0 Å². The zero-order valence-electron chi connectivity index (χ0n) is 17.8. The largest absolute Gasteiger partial charge is 0.481 e. The van der Waals surface area contributed by atoms with Crippen molar-refractivity contribution in [1.82, 2.24) is 9.88 Å². The number of amides is 1. The second kappa shape index (κ2) is 9.36. The Morgan fingerprint density at radius 3 is 2.35 bits per heavy atom. The van der Waals surface area contributed by atoms with Gasteiger partial charge in [-0.3, -0.25) is 9.78 Å². The number of ether oxygens (including phenoxy) is 1. The Labute approximate surface area is 178 Å². The molecule has 1 aromatic heterocycles. The van der Waals surface area contributed by atoms with E-state index in [2.05, 4.69) is 4.98 Å². The fraction of sp³-hybridized carbons (Fsp3) is 0.409. The predicted molar refractivity (Wildman–Crippen MR) is 108 cm³/mol. The van der Waals surface area contributed by atoms with E-state index < -0.39 is 29.4 Å². The highest BCUT2D eigenvalue weighted by molar-refractivity contribution is 5.71. The number of carboxylic acids is 1. The number of hydrogen-bond donors (Lipinski definition) is 1. The van der Waals surface area contributed by atoms with E-state index in [1.54, 1.807) is 39.8 Å². The summed E-state index contributed by atoms with van der Waals surface area (Å²) in [7, 11) is 0. The third kappa shape index (κ3) is 6.97. The number of rotatable bonds is 6. The lowest BCUT2D eigenvalue weighted by Crippen LogP contribution is -2.36. The SMILES string of the molecule is CCN(Cc1cc(C(F)(F)F)ccc1-c1cccc(CC(=O)O)n1)C(=O)OC(C)(C)C. The van der Waals surface area contributed by atoms with E-state index in [4.69, 9.17) is 9.84 Å². The summed E-state index contributed by atoms with van der Waals surface area (Å²) in [6.45, 7) is 6.89. The van der Waals surface area contributed by atoms with Gasteiger partial charge in [0.15, 0.2) is 0 Å². The number of carboxylic acid groups (broad SMARTS) is 1. The van der Waals surface area contributed by atoms with Crippen LogP contribution in [-0.4, -0.2) is 39.2 Å². The molecule has 6 nitrogen and oxygen atoms in total. The molecule has 2 aromatic rings. The molecular weight excluding hydrogens is 413 g/mol. The van der Waals surface area contributed by atoms with E-state index in [1.807, 2.05) is 0 Å². The average Bonchev–Trinajstić information content (AvgIpc) is 2.63. The molecule has 168 valence electrons. The topological polar surface area (TPSA) is 79.7 Å². The van der Waals surface area contributed by atoms with Crippen molar-refractivity contribution in [3.63, 3.8) is 0 Å². The Bertz CT molecular complexity index is 953. The maximum atomic E-state index is 13.3. The monoisotopic (exact) mass is 438 g/mol. The van der Waals surface area contributed by atoms with Crippen LogP contribution in [0.3, 0.4) is 0 Å². The minimum absolute atomic E-state index is 0.129. The number of carbonyl (C=O) groups excluding carboxylic acids is 1. The van der Waals surface area contributed by atoms with Gasteiger partial charge in [-0.1, -0.05) is 12.1 Å². The normalized spacial score (nSPS) is 11.8.